The SMILES string of the molecule is O=C1CCC(N2C(=O)c3ccc(N4CCN(CCCCCCOc5ccc(Oc6c(-c7ccc(Br)cc7)sc7cc(O)ccc67)cc5)CC4)cc3C2=O)C(=O)N1. The number of benzene rings is 4. The van der Waals surface area contributed by atoms with Gasteiger partial charge < -0.3 is 19.5 Å². The number of piperidine rings is 1. The van der Waals surface area contributed by atoms with Gasteiger partial charge in [-0.1, -0.05) is 40.9 Å². The lowest BCUT2D eigenvalue weighted by atomic mass is 10.0. The number of thiophene rings is 1. The van der Waals surface area contributed by atoms with Gasteiger partial charge in [-0.2, -0.15) is 0 Å². The number of hydrogen-bond acceptors (Lipinski definition) is 10. The molecular weight excluding hydrogens is 796 g/mol. The summed E-state index contributed by atoms with van der Waals surface area (Å²) in [5, 5.41) is 13.3. The van der Waals surface area contributed by atoms with Crippen LogP contribution < -0.4 is 19.7 Å². The van der Waals surface area contributed by atoms with Crippen LogP contribution in [0.25, 0.3) is 20.5 Å². The van der Waals surface area contributed by atoms with Crippen LogP contribution in [0.3, 0.4) is 0 Å². The number of anilines is 1. The Hall–Kier alpha value is -5.24. The number of carbonyl (C=O) groups excluding carboxylic acids is 4. The van der Waals surface area contributed by atoms with E-state index < -0.39 is 23.8 Å². The Morgan fingerprint density at radius 3 is 2.29 bits per heavy atom. The van der Waals surface area contributed by atoms with E-state index in [0.717, 1.165) is 105 Å². The molecule has 56 heavy (non-hydrogen) atoms. The predicted octanol–water partition coefficient (Wildman–Crippen LogP) is 7.99. The number of carbonyl (C=O) groups is 4. The Morgan fingerprint density at radius 2 is 1.52 bits per heavy atom. The number of fused-ring (bicyclic) bond motifs is 2. The summed E-state index contributed by atoms with van der Waals surface area (Å²) in [6.07, 6.45) is 4.52. The van der Waals surface area contributed by atoms with Crippen molar-refractivity contribution in [2.75, 3.05) is 44.2 Å². The number of hydrogen-bond donors (Lipinski definition) is 2. The molecule has 13 heteroatoms. The number of unbranched alkanes of at least 4 members (excludes halogenated alkanes) is 3. The van der Waals surface area contributed by atoms with Crippen molar-refractivity contribution in [3.05, 3.63) is 101 Å². The first-order chi connectivity index (χ1) is 27.2. The highest BCUT2D eigenvalue weighted by molar-refractivity contribution is 9.10. The molecule has 3 aliphatic rings. The Labute approximate surface area is 336 Å². The Morgan fingerprint density at radius 1 is 0.786 bits per heavy atom. The molecule has 8 rings (SSSR count). The van der Waals surface area contributed by atoms with Gasteiger partial charge in [-0.3, -0.25) is 34.3 Å². The topological polar surface area (TPSA) is 129 Å². The molecule has 4 amide bonds. The number of phenolic OH excluding ortho intramolecular Hbond substituents is 1. The van der Waals surface area contributed by atoms with E-state index in [4.69, 9.17) is 9.47 Å². The highest BCUT2D eigenvalue weighted by atomic mass is 79.9. The number of imide groups is 2. The third kappa shape index (κ3) is 8.02. The number of ether oxygens (including phenoxy) is 2. The molecule has 5 aromatic rings. The second kappa shape index (κ2) is 16.5. The minimum absolute atomic E-state index is 0.0975. The lowest BCUT2D eigenvalue weighted by Gasteiger charge is -2.36. The van der Waals surface area contributed by atoms with Crippen molar-refractivity contribution < 1.29 is 33.8 Å². The summed E-state index contributed by atoms with van der Waals surface area (Å²) in [5.41, 5.74) is 2.54. The van der Waals surface area contributed by atoms with Gasteiger partial charge in [0.25, 0.3) is 11.8 Å². The summed E-state index contributed by atoms with van der Waals surface area (Å²) < 4.78 is 14.5. The fourth-order valence-corrected chi connectivity index (χ4v) is 8.98. The molecule has 0 aliphatic carbocycles. The second-order valence-electron chi connectivity index (χ2n) is 14.3. The lowest BCUT2D eigenvalue weighted by molar-refractivity contribution is -0.136. The summed E-state index contributed by atoms with van der Waals surface area (Å²) in [6, 6.07) is 25.5. The first-order valence-corrected chi connectivity index (χ1v) is 20.6. The van der Waals surface area contributed by atoms with Crippen LogP contribution in [-0.2, 0) is 9.59 Å². The minimum Gasteiger partial charge on any atom is -0.508 e. The normalized spacial score (nSPS) is 17.4. The standard InChI is InChI=1S/C43H41BrN4O7S/c44-28-7-5-27(6-8-28)40-39(34-16-10-30(49)26-37(34)56-40)55-32-13-11-31(12-14-32)54-24-4-2-1-3-19-46-20-22-47(23-21-46)29-9-15-33-35(25-29)43(53)48(42(33)52)36-17-18-38(50)45-41(36)51/h5-16,25-26,36,49H,1-4,17-24H2,(H,45,50,51). The molecule has 4 aromatic carbocycles. The number of nitrogens with zero attached hydrogens (tertiary/aromatic N) is 3. The maximum Gasteiger partial charge on any atom is 0.262 e. The molecule has 3 aliphatic heterocycles. The van der Waals surface area contributed by atoms with Crippen LogP contribution in [0.15, 0.2) is 89.4 Å². The summed E-state index contributed by atoms with van der Waals surface area (Å²) in [6.45, 7) is 5.12. The number of amides is 4. The number of phenols is 1. The third-order valence-corrected chi connectivity index (χ3v) is 12.3. The van der Waals surface area contributed by atoms with Crippen molar-refractivity contribution in [3.8, 4) is 33.4 Å². The van der Waals surface area contributed by atoms with Crippen LogP contribution in [0.5, 0.6) is 23.0 Å². The first kappa shape index (κ1) is 37.7. The van der Waals surface area contributed by atoms with E-state index in [2.05, 4.69) is 43.2 Å². The van der Waals surface area contributed by atoms with Crippen molar-refractivity contribution >= 4 is 66.7 Å². The Kier molecular flexibility index (Phi) is 11.1. The third-order valence-electron chi connectivity index (χ3n) is 10.6. The highest BCUT2D eigenvalue weighted by Crippen LogP contribution is 2.47. The molecule has 2 saturated heterocycles. The van der Waals surface area contributed by atoms with Gasteiger partial charge in [0.05, 0.1) is 22.6 Å². The molecule has 0 bridgehead atoms. The Bertz CT molecular complexity index is 2290. The first-order valence-electron chi connectivity index (χ1n) is 19.0. The minimum atomic E-state index is -0.964. The van der Waals surface area contributed by atoms with Gasteiger partial charge in [0.15, 0.2) is 5.75 Å². The molecule has 11 nitrogen and oxygen atoms in total. The molecular formula is C43H41BrN4O7S. The number of piperazine rings is 1. The van der Waals surface area contributed by atoms with Gasteiger partial charge in [-0.05, 0) is 104 Å². The van der Waals surface area contributed by atoms with Gasteiger partial charge in [-0.25, -0.2) is 0 Å². The van der Waals surface area contributed by atoms with Crippen molar-refractivity contribution in [2.24, 2.45) is 0 Å². The molecule has 0 radical (unpaired) electrons. The molecule has 2 fully saturated rings. The number of halogens is 1. The molecule has 1 aromatic heterocycles. The number of nitrogens with one attached hydrogen (secondary N) is 1. The lowest BCUT2D eigenvalue weighted by Crippen LogP contribution is -2.54. The van der Waals surface area contributed by atoms with Crippen molar-refractivity contribution in [1.29, 1.82) is 0 Å². The molecule has 0 spiro atoms. The summed E-state index contributed by atoms with van der Waals surface area (Å²) >= 11 is 5.10. The zero-order valence-electron chi connectivity index (χ0n) is 30.7. The van der Waals surface area contributed by atoms with Crippen molar-refractivity contribution in [2.45, 2.75) is 44.6 Å². The van der Waals surface area contributed by atoms with Gasteiger partial charge >= 0.3 is 0 Å². The predicted molar refractivity (Wildman–Crippen MR) is 219 cm³/mol. The quantitative estimate of drug-likeness (QED) is 0.0896. The maximum atomic E-state index is 13.3. The van der Waals surface area contributed by atoms with Gasteiger partial charge in [-0.15, -0.1) is 11.3 Å². The number of aromatic hydroxyl groups is 1. The Balaban J connectivity index is 0.752. The average molecular weight is 838 g/mol. The van der Waals surface area contributed by atoms with Crippen LogP contribution >= 0.6 is 27.3 Å². The van der Waals surface area contributed by atoms with Crippen LogP contribution in [0.2, 0.25) is 0 Å². The maximum absolute atomic E-state index is 13.3. The summed E-state index contributed by atoms with van der Waals surface area (Å²) in [4.78, 5) is 57.0. The van der Waals surface area contributed by atoms with Crippen LogP contribution in [0.1, 0.15) is 59.2 Å². The van der Waals surface area contributed by atoms with Gasteiger partial charge in [0.2, 0.25) is 11.8 Å². The van der Waals surface area contributed by atoms with E-state index in [1.165, 1.54) is 0 Å². The van der Waals surface area contributed by atoms with Crippen molar-refractivity contribution in [3.63, 3.8) is 0 Å². The molecule has 0 saturated carbocycles. The van der Waals surface area contributed by atoms with Crippen molar-refractivity contribution in [1.82, 2.24) is 15.1 Å². The van der Waals surface area contributed by atoms with E-state index in [1.54, 1.807) is 35.6 Å². The van der Waals surface area contributed by atoms with Gasteiger partial charge in [0, 0.05) is 52.8 Å². The molecule has 4 heterocycles. The number of rotatable bonds is 13. The smallest absolute Gasteiger partial charge is 0.262 e. The fourth-order valence-electron chi connectivity index (χ4n) is 7.54. The van der Waals surface area contributed by atoms with E-state index in [-0.39, 0.29) is 24.5 Å². The molecule has 2 N–H and O–H groups in total. The van der Waals surface area contributed by atoms with E-state index >= 15 is 0 Å². The molecule has 1 unspecified atom stereocenters. The highest BCUT2D eigenvalue weighted by Gasteiger charge is 2.44. The molecule has 288 valence electrons. The summed E-state index contributed by atoms with van der Waals surface area (Å²) in [5.74, 6) is 0.544. The molecule has 1 atom stereocenters. The fraction of sp³-hybridized carbons (Fsp3) is 0.302. The summed E-state index contributed by atoms with van der Waals surface area (Å²) in [7, 11) is 0. The second-order valence-corrected chi connectivity index (χ2v) is 16.3. The largest absolute Gasteiger partial charge is 0.508 e. The van der Waals surface area contributed by atoms with Crippen LogP contribution in [-0.4, -0.2) is 83.9 Å². The monoisotopic (exact) mass is 836 g/mol. The average Bonchev–Trinajstić information content (AvgIpc) is 3.67. The van der Waals surface area contributed by atoms with E-state index in [1.807, 2.05) is 48.5 Å². The van der Waals surface area contributed by atoms with Gasteiger partial charge in [0.1, 0.15) is 23.3 Å². The van der Waals surface area contributed by atoms with E-state index in [9.17, 15) is 24.3 Å². The zero-order chi connectivity index (χ0) is 38.8. The van der Waals surface area contributed by atoms with Crippen LogP contribution in [0, 0.1) is 0 Å². The zero-order valence-corrected chi connectivity index (χ0v) is 33.1. The van der Waals surface area contributed by atoms with Crippen LogP contribution in [0.4, 0.5) is 5.69 Å². The van der Waals surface area contributed by atoms with E-state index in [0.29, 0.717) is 23.5 Å².